The molecule has 0 bridgehead atoms. The van der Waals surface area contributed by atoms with Crippen LogP contribution < -0.4 is 0 Å². The maximum atomic E-state index is 4.62. The summed E-state index contributed by atoms with van der Waals surface area (Å²) in [6.45, 7) is 2.76. The molecule has 6 nitrogen and oxygen atoms in total. The van der Waals surface area contributed by atoms with Crippen LogP contribution in [-0.4, -0.2) is 28.9 Å². The molecule has 0 saturated heterocycles. The number of fused-ring (bicyclic) bond motifs is 3. The van der Waals surface area contributed by atoms with Crippen molar-refractivity contribution in [1.82, 2.24) is 28.9 Å². The van der Waals surface area contributed by atoms with Gasteiger partial charge in [-0.15, -0.1) is 10.2 Å². The van der Waals surface area contributed by atoms with Crippen molar-refractivity contribution in [2.45, 2.75) is 13.5 Å². The fourth-order valence-electron chi connectivity index (χ4n) is 3.54. The topological polar surface area (TPSA) is 52.9 Å². The Balaban J connectivity index is 1.81. The Morgan fingerprint density at radius 2 is 1.77 bits per heavy atom. The van der Waals surface area contributed by atoms with E-state index >= 15 is 0 Å². The van der Waals surface area contributed by atoms with E-state index in [0.29, 0.717) is 0 Å². The van der Waals surface area contributed by atoms with E-state index < -0.39 is 0 Å². The van der Waals surface area contributed by atoms with Gasteiger partial charge in [0.2, 0.25) is 0 Å². The average molecular weight is 342 g/mol. The summed E-state index contributed by atoms with van der Waals surface area (Å²) in [4.78, 5) is 0. The van der Waals surface area contributed by atoms with Crippen molar-refractivity contribution in [2.24, 2.45) is 7.05 Å². The smallest absolute Gasteiger partial charge is 0.161 e. The molecule has 0 amide bonds. The van der Waals surface area contributed by atoms with E-state index in [1.807, 2.05) is 43.0 Å². The zero-order chi connectivity index (χ0) is 17.7. The number of benzene rings is 1. The van der Waals surface area contributed by atoms with Gasteiger partial charge in [-0.25, -0.2) is 0 Å². The minimum atomic E-state index is 0.781. The van der Waals surface area contributed by atoms with Crippen LogP contribution in [0.15, 0.2) is 60.8 Å². The first-order chi connectivity index (χ1) is 12.7. The van der Waals surface area contributed by atoms with Gasteiger partial charge in [0.05, 0.1) is 16.7 Å². The number of hydrogen-bond acceptors (Lipinski definition) is 3. The van der Waals surface area contributed by atoms with Crippen molar-refractivity contribution >= 4 is 16.7 Å². The Hall–Kier alpha value is -3.41. The summed E-state index contributed by atoms with van der Waals surface area (Å²) in [6, 6.07) is 18.9. The molecule has 128 valence electrons. The highest BCUT2D eigenvalue weighted by molar-refractivity contribution is 5.86. The van der Waals surface area contributed by atoms with Crippen LogP contribution in [0.25, 0.3) is 28.1 Å². The van der Waals surface area contributed by atoms with E-state index in [1.165, 1.54) is 5.56 Å². The maximum Gasteiger partial charge on any atom is 0.161 e. The van der Waals surface area contributed by atoms with E-state index in [-0.39, 0.29) is 0 Å². The molecule has 4 aromatic heterocycles. The van der Waals surface area contributed by atoms with Crippen molar-refractivity contribution in [3.8, 4) is 11.4 Å². The number of aryl methyl sites for hydroxylation is 2. The largest absolute Gasteiger partial charge is 0.333 e. The Morgan fingerprint density at radius 3 is 2.54 bits per heavy atom. The molecule has 1 aromatic carbocycles. The van der Waals surface area contributed by atoms with Crippen LogP contribution in [0.2, 0.25) is 0 Å². The van der Waals surface area contributed by atoms with Crippen LogP contribution in [-0.2, 0) is 13.6 Å². The summed E-state index contributed by atoms with van der Waals surface area (Å²) >= 11 is 0. The highest BCUT2D eigenvalue weighted by Gasteiger charge is 2.16. The molecule has 0 aliphatic carbocycles. The molecule has 4 heterocycles. The van der Waals surface area contributed by atoms with Gasteiger partial charge in [0, 0.05) is 19.8 Å². The van der Waals surface area contributed by atoms with Crippen LogP contribution in [0.5, 0.6) is 0 Å². The van der Waals surface area contributed by atoms with Gasteiger partial charge in [-0.1, -0.05) is 30.3 Å². The second-order valence-electron chi connectivity index (χ2n) is 6.52. The van der Waals surface area contributed by atoms with E-state index in [0.717, 1.165) is 40.4 Å². The van der Waals surface area contributed by atoms with Gasteiger partial charge in [0.15, 0.2) is 5.65 Å². The Morgan fingerprint density at radius 1 is 0.923 bits per heavy atom. The molecule has 26 heavy (non-hydrogen) atoms. The molecule has 6 heteroatoms. The predicted octanol–water partition coefficient (Wildman–Crippen LogP) is 3.44. The molecule has 0 radical (unpaired) electrons. The number of nitrogens with zero attached hydrogens (tertiary/aromatic N) is 6. The standard InChI is InChI=1S/C20H18N6/c1-14-21-22-20-9-8-17-19(26(14)20)12-18(16-10-11-24(2)23-16)25(17)13-15-6-4-3-5-7-15/h3-12H,13H2,1-2H3. The third-order valence-corrected chi connectivity index (χ3v) is 4.76. The van der Waals surface area contributed by atoms with E-state index in [9.17, 15) is 0 Å². The van der Waals surface area contributed by atoms with Crippen LogP contribution in [0.4, 0.5) is 0 Å². The van der Waals surface area contributed by atoms with Gasteiger partial charge in [0.1, 0.15) is 11.5 Å². The molecule has 0 aliphatic rings. The monoisotopic (exact) mass is 342 g/mol. The minimum absolute atomic E-state index is 0.781. The second-order valence-corrected chi connectivity index (χ2v) is 6.52. The van der Waals surface area contributed by atoms with Crippen molar-refractivity contribution in [3.63, 3.8) is 0 Å². The fraction of sp³-hybridized carbons (Fsp3) is 0.150. The van der Waals surface area contributed by atoms with Crippen LogP contribution in [0.1, 0.15) is 11.4 Å². The fourth-order valence-corrected chi connectivity index (χ4v) is 3.54. The number of pyridine rings is 1. The number of hydrogen-bond donors (Lipinski definition) is 0. The van der Waals surface area contributed by atoms with Crippen LogP contribution in [0, 0.1) is 6.92 Å². The first-order valence-corrected chi connectivity index (χ1v) is 8.58. The third-order valence-electron chi connectivity index (χ3n) is 4.76. The first-order valence-electron chi connectivity index (χ1n) is 8.58. The van der Waals surface area contributed by atoms with Crippen LogP contribution in [0.3, 0.4) is 0 Å². The molecule has 0 unspecified atom stereocenters. The molecule has 0 spiro atoms. The lowest BCUT2D eigenvalue weighted by Crippen LogP contribution is -2.02. The third kappa shape index (κ3) is 2.23. The zero-order valence-electron chi connectivity index (χ0n) is 14.7. The summed E-state index contributed by atoms with van der Waals surface area (Å²) in [5.74, 6) is 0.884. The molecule has 0 fully saturated rings. The summed E-state index contributed by atoms with van der Waals surface area (Å²) in [7, 11) is 1.94. The van der Waals surface area contributed by atoms with Crippen LogP contribution >= 0.6 is 0 Å². The van der Waals surface area contributed by atoms with E-state index in [4.69, 9.17) is 0 Å². The lowest BCUT2D eigenvalue weighted by Gasteiger charge is -2.10. The summed E-state index contributed by atoms with van der Waals surface area (Å²) in [5, 5.41) is 13.1. The SMILES string of the molecule is Cc1nnc2ccc3c(cc(-c4ccn(C)n4)n3Cc3ccccc3)n12. The second kappa shape index (κ2) is 5.56. The summed E-state index contributed by atoms with van der Waals surface area (Å²) in [5.41, 5.74) is 6.40. The van der Waals surface area contributed by atoms with Gasteiger partial charge in [-0.3, -0.25) is 9.08 Å². The van der Waals surface area contributed by atoms with Gasteiger partial charge < -0.3 is 4.57 Å². The maximum absolute atomic E-state index is 4.62. The molecule has 0 saturated carbocycles. The van der Waals surface area contributed by atoms with E-state index in [1.54, 1.807) is 0 Å². The van der Waals surface area contributed by atoms with Gasteiger partial charge in [0.25, 0.3) is 0 Å². The molecule has 0 atom stereocenters. The van der Waals surface area contributed by atoms with Gasteiger partial charge in [-0.2, -0.15) is 5.10 Å². The zero-order valence-corrected chi connectivity index (χ0v) is 14.7. The quantitative estimate of drug-likeness (QED) is 0.505. The first kappa shape index (κ1) is 14.9. The lowest BCUT2D eigenvalue weighted by molar-refractivity contribution is 0.764. The van der Waals surface area contributed by atoms with Crippen molar-refractivity contribution in [1.29, 1.82) is 0 Å². The van der Waals surface area contributed by atoms with Crippen molar-refractivity contribution in [2.75, 3.05) is 0 Å². The molecule has 0 aliphatic heterocycles. The Kier molecular flexibility index (Phi) is 3.18. The summed E-state index contributed by atoms with van der Waals surface area (Å²) < 4.78 is 6.24. The van der Waals surface area contributed by atoms with Crippen molar-refractivity contribution in [3.05, 3.63) is 72.2 Å². The predicted molar refractivity (Wildman–Crippen MR) is 101 cm³/mol. The van der Waals surface area contributed by atoms with E-state index in [2.05, 4.69) is 60.7 Å². The molecular weight excluding hydrogens is 324 g/mol. The van der Waals surface area contributed by atoms with Gasteiger partial charge in [-0.05, 0) is 36.8 Å². The highest BCUT2D eigenvalue weighted by atomic mass is 15.3. The number of rotatable bonds is 3. The molecule has 5 aromatic rings. The molecule has 5 rings (SSSR count). The average Bonchev–Trinajstić information content (AvgIpc) is 3.34. The highest BCUT2D eigenvalue weighted by Crippen LogP contribution is 2.29. The lowest BCUT2D eigenvalue weighted by atomic mass is 10.2. The Bertz CT molecular complexity index is 1230. The Labute approximate surface area is 150 Å². The summed E-state index contributed by atoms with van der Waals surface area (Å²) in [6.07, 6.45) is 1.97. The van der Waals surface area contributed by atoms with Crippen molar-refractivity contribution < 1.29 is 0 Å². The van der Waals surface area contributed by atoms with Gasteiger partial charge >= 0.3 is 0 Å². The molecule has 0 N–H and O–H groups in total. The normalized spacial score (nSPS) is 11.6. The number of aromatic nitrogens is 6. The minimum Gasteiger partial charge on any atom is -0.333 e. The molecular formula is C20H18N6.